The Morgan fingerprint density at radius 3 is 2.83 bits per heavy atom. The van der Waals surface area contributed by atoms with Gasteiger partial charge in [-0.05, 0) is 37.3 Å². The van der Waals surface area contributed by atoms with Gasteiger partial charge in [0.25, 0.3) is 0 Å². The average Bonchev–Trinajstić information content (AvgIpc) is 2.95. The molecule has 0 aliphatic rings. The van der Waals surface area contributed by atoms with Crippen molar-refractivity contribution >= 4 is 46.5 Å². The van der Waals surface area contributed by atoms with E-state index in [2.05, 4.69) is 22.4 Å². The van der Waals surface area contributed by atoms with Crippen LogP contribution in [0.2, 0.25) is 0 Å². The summed E-state index contributed by atoms with van der Waals surface area (Å²) in [5.74, 6) is 1.53. The maximum absolute atomic E-state index is 12.4. The number of thioether (sulfide) groups is 2. The predicted octanol–water partition coefficient (Wildman–Crippen LogP) is 4.09. The van der Waals surface area contributed by atoms with Crippen molar-refractivity contribution in [2.75, 3.05) is 18.2 Å². The van der Waals surface area contributed by atoms with E-state index in [1.165, 1.54) is 23.1 Å². The van der Waals surface area contributed by atoms with Crippen LogP contribution < -0.4 is 10.1 Å². The third-order valence-electron chi connectivity index (χ3n) is 2.92. The van der Waals surface area contributed by atoms with Crippen LogP contribution in [0.4, 0.5) is 5.69 Å². The normalized spacial score (nSPS) is 12.0. The molecule has 0 bridgehead atoms. The number of aryl methyl sites for hydroxylation is 1. The molecule has 23 heavy (non-hydrogen) atoms. The topological polar surface area (TPSA) is 64.1 Å². The highest BCUT2D eigenvalue weighted by Crippen LogP contribution is 2.32. The molecule has 2 aromatic rings. The molecule has 1 aromatic carbocycles. The second-order valence-corrected chi connectivity index (χ2v) is 8.80. The average molecular weight is 370 g/mol. The molecular formula is C15H19N3O2S3. The Hall–Kier alpha value is -1.25. The van der Waals surface area contributed by atoms with Crippen LogP contribution in [0.5, 0.6) is 5.75 Å². The number of aromatic nitrogens is 2. The summed E-state index contributed by atoms with van der Waals surface area (Å²) in [6.07, 6.45) is 0. The fourth-order valence-corrected chi connectivity index (χ4v) is 4.85. The van der Waals surface area contributed by atoms with Crippen LogP contribution in [0.3, 0.4) is 0 Å². The molecule has 0 unspecified atom stereocenters. The number of benzene rings is 1. The van der Waals surface area contributed by atoms with Crippen LogP contribution in [0.15, 0.2) is 26.9 Å². The van der Waals surface area contributed by atoms with Crippen LogP contribution in [0, 0.1) is 6.92 Å². The number of carbonyl (C=O) groups is 1. The van der Waals surface area contributed by atoms with Crippen LogP contribution in [-0.2, 0) is 4.79 Å². The van der Waals surface area contributed by atoms with E-state index in [1.807, 2.05) is 32.0 Å². The van der Waals surface area contributed by atoms with E-state index in [1.54, 1.807) is 18.9 Å². The van der Waals surface area contributed by atoms with E-state index >= 15 is 0 Å². The number of hydrogen-bond donors (Lipinski definition) is 1. The molecule has 2 rings (SSSR count). The van der Waals surface area contributed by atoms with Crippen molar-refractivity contribution in [1.82, 2.24) is 10.2 Å². The van der Waals surface area contributed by atoms with Gasteiger partial charge in [0.05, 0.1) is 18.0 Å². The first kappa shape index (κ1) is 18.1. The second kappa shape index (κ2) is 8.56. The minimum Gasteiger partial charge on any atom is -0.495 e. The Labute approximate surface area is 148 Å². The van der Waals surface area contributed by atoms with Crippen molar-refractivity contribution < 1.29 is 9.53 Å². The molecule has 1 heterocycles. The maximum atomic E-state index is 12.4. The van der Waals surface area contributed by atoms with Crippen LogP contribution in [0.25, 0.3) is 0 Å². The lowest BCUT2D eigenvalue weighted by molar-refractivity contribution is -0.115. The van der Waals surface area contributed by atoms with Crippen molar-refractivity contribution in [3.8, 4) is 5.75 Å². The van der Waals surface area contributed by atoms with Gasteiger partial charge in [-0.25, -0.2) is 0 Å². The Kier molecular flexibility index (Phi) is 6.73. The lowest BCUT2D eigenvalue weighted by Crippen LogP contribution is -2.22. The monoisotopic (exact) mass is 369 g/mol. The quantitative estimate of drug-likeness (QED) is 0.742. The van der Waals surface area contributed by atoms with E-state index in [0.29, 0.717) is 11.4 Å². The summed E-state index contributed by atoms with van der Waals surface area (Å²) in [5, 5.41) is 10.9. The largest absolute Gasteiger partial charge is 0.495 e. The van der Waals surface area contributed by atoms with Gasteiger partial charge in [-0.2, -0.15) is 0 Å². The molecule has 0 saturated carbocycles. The molecule has 124 valence electrons. The molecule has 0 saturated heterocycles. The molecule has 1 atom stereocenters. The predicted molar refractivity (Wildman–Crippen MR) is 98.0 cm³/mol. The van der Waals surface area contributed by atoms with Gasteiger partial charge >= 0.3 is 0 Å². The Bertz CT molecular complexity index is 676. The molecule has 1 amide bonds. The summed E-state index contributed by atoms with van der Waals surface area (Å²) in [6, 6.07) is 5.69. The van der Waals surface area contributed by atoms with E-state index < -0.39 is 0 Å². The highest BCUT2D eigenvalue weighted by atomic mass is 32.2. The zero-order chi connectivity index (χ0) is 16.8. The molecule has 1 aromatic heterocycles. The number of nitrogens with one attached hydrogen (secondary N) is 1. The number of rotatable bonds is 7. The summed E-state index contributed by atoms with van der Waals surface area (Å²) in [7, 11) is 1.59. The molecule has 5 nitrogen and oxygen atoms in total. The standard InChI is InChI=1S/C15H19N3O2S3/c1-5-21-14-17-18-15(23-14)22-10(3)13(19)16-11-8-9(2)6-7-12(11)20-4/h6-8,10H,5H2,1-4H3,(H,16,19)/t10-/m0/s1. The molecule has 1 N–H and O–H groups in total. The van der Waals surface area contributed by atoms with Crippen LogP contribution in [-0.4, -0.2) is 34.2 Å². The van der Waals surface area contributed by atoms with Gasteiger partial charge in [-0.3, -0.25) is 4.79 Å². The molecular weight excluding hydrogens is 350 g/mol. The third-order valence-corrected chi connectivity index (χ3v) is 6.04. The van der Waals surface area contributed by atoms with Gasteiger partial charge in [0, 0.05) is 0 Å². The minimum absolute atomic E-state index is 0.0844. The zero-order valence-corrected chi connectivity index (χ0v) is 15.9. The van der Waals surface area contributed by atoms with E-state index in [9.17, 15) is 4.79 Å². The SMILES string of the molecule is CCSc1nnc(S[C@@H](C)C(=O)Nc2cc(C)ccc2OC)s1. The number of ether oxygens (including phenoxy) is 1. The Morgan fingerprint density at radius 2 is 2.13 bits per heavy atom. The minimum atomic E-state index is -0.271. The van der Waals surface area contributed by atoms with Crippen molar-refractivity contribution in [2.45, 2.75) is 34.7 Å². The first-order valence-electron chi connectivity index (χ1n) is 7.12. The van der Waals surface area contributed by atoms with Gasteiger partial charge in [-0.1, -0.05) is 47.9 Å². The summed E-state index contributed by atoms with van der Waals surface area (Å²) in [5.41, 5.74) is 1.75. The fourth-order valence-electron chi connectivity index (χ4n) is 1.79. The second-order valence-electron chi connectivity index (χ2n) is 4.72. The van der Waals surface area contributed by atoms with Gasteiger partial charge in [0.15, 0.2) is 8.68 Å². The molecule has 0 radical (unpaired) electrons. The van der Waals surface area contributed by atoms with E-state index in [4.69, 9.17) is 4.74 Å². The summed E-state index contributed by atoms with van der Waals surface area (Å²) < 4.78 is 7.02. The molecule has 0 fully saturated rings. The van der Waals surface area contributed by atoms with Gasteiger partial charge in [-0.15, -0.1) is 10.2 Å². The summed E-state index contributed by atoms with van der Waals surface area (Å²) >= 11 is 4.59. The number of anilines is 1. The molecule has 0 spiro atoms. The van der Waals surface area contributed by atoms with Crippen LogP contribution >= 0.6 is 34.9 Å². The van der Waals surface area contributed by atoms with E-state index in [0.717, 1.165) is 20.0 Å². The highest BCUT2D eigenvalue weighted by Gasteiger charge is 2.18. The van der Waals surface area contributed by atoms with Crippen molar-refractivity contribution in [1.29, 1.82) is 0 Å². The number of hydrogen-bond acceptors (Lipinski definition) is 7. The Morgan fingerprint density at radius 1 is 1.39 bits per heavy atom. The Balaban J connectivity index is 2.00. The number of amides is 1. The van der Waals surface area contributed by atoms with Crippen molar-refractivity contribution in [3.63, 3.8) is 0 Å². The van der Waals surface area contributed by atoms with E-state index in [-0.39, 0.29) is 11.2 Å². The van der Waals surface area contributed by atoms with Crippen LogP contribution in [0.1, 0.15) is 19.4 Å². The van der Waals surface area contributed by atoms with Gasteiger partial charge < -0.3 is 10.1 Å². The fraction of sp³-hybridized carbons (Fsp3) is 0.400. The van der Waals surface area contributed by atoms with Crippen molar-refractivity contribution in [2.24, 2.45) is 0 Å². The van der Waals surface area contributed by atoms with Gasteiger partial charge in [0.1, 0.15) is 5.75 Å². The molecule has 0 aliphatic carbocycles. The summed E-state index contributed by atoms with van der Waals surface area (Å²) in [4.78, 5) is 12.4. The lowest BCUT2D eigenvalue weighted by Gasteiger charge is -2.13. The first-order chi connectivity index (χ1) is 11.0. The first-order valence-corrected chi connectivity index (χ1v) is 9.80. The van der Waals surface area contributed by atoms with Crippen molar-refractivity contribution in [3.05, 3.63) is 23.8 Å². The zero-order valence-electron chi connectivity index (χ0n) is 13.5. The number of nitrogens with zero attached hydrogens (tertiary/aromatic N) is 2. The number of methoxy groups -OCH3 is 1. The number of carbonyl (C=O) groups excluding carboxylic acids is 1. The highest BCUT2D eigenvalue weighted by molar-refractivity contribution is 8.03. The molecule has 0 aliphatic heterocycles. The lowest BCUT2D eigenvalue weighted by atomic mass is 10.2. The molecule has 8 heteroatoms. The smallest absolute Gasteiger partial charge is 0.237 e. The third kappa shape index (κ3) is 5.12. The maximum Gasteiger partial charge on any atom is 0.237 e. The summed E-state index contributed by atoms with van der Waals surface area (Å²) in [6.45, 7) is 5.90. The van der Waals surface area contributed by atoms with Gasteiger partial charge in [0.2, 0.25) is 5.91 Å².